The molecule has 10 heteroatoms. The van der Waals surface area contributed by atoms with E-state index >= 15 is 0 Å². The minimum absolute atomic E-state index is 0.0693. The van der Waals surface area contributed by atoms with Crippen molar-refractivity contribution in [2.45, 2.75) is 31.3 Å². The molecule has 0 saturated heterocycles. The lowest BCUT2D eigenvalue weighted by Gasteiger charge is -2.29. The monoisotopic (exact) mass is 461 g/mol. The van der Waals surface area contributed by atoms with Crippen LogP contribution in [0.4, 0.5) is 4.79 Å². The molecule has 1 aliphatic carbocycles. The summed E-state index contributed by atoms with van der Waals surface area (Å²) in [6.45, 7) is 0.633. The summed E-state index contributed by atoms with van der Waals surface area (Å²) in [5.41, 5.74) is 5.74. The van der Waals surface area contributed by atoms with Crippen LogP contribution in [0, 0.1) is 0 Å². The third-order valence-corrected chi connectivity index (χ3v) is 6.29. The van der Waals surface area contributed by atoms with Crippen molar-refractivity contribution in [2.24, 2.45) is 0 Å². The number of aromatic amines is 1. The van der Waals surface area contributed by atoms with Gasteiger partial charge in [0.2, 0.25) is 5.91 Å². The van der Waals surface area contributed by atoms with Gasteiger partial charge in [0.25, 0.3) is 0 Å². The average molecular weight is 461 g/mol. The van der Waals surface area contributed by atoms with Crippen molar-refractivity contribution in [1.29, 1.82) is 0 Å². The molecule has 0 saturated carbocycles. The van der Waals surface area contributed by atoms with Crippen LogP contribution < -0.4 is 5.32 Å². The van der Waals surface area contributed by atoms with Crippen LogP contribution in [0.5, 0.6) is 0 Å². The number of hydrogen-bond donors (Lipinski definition) is 3. The number of nitrogens with zero attached hydrogens (tertiary/aromatic N) is 3. The van der Waals surface area contributed by atoms with Gasteiger partial charge in [0.1, 0.15) is 18.3 Å². The van der Waals surface area contributed by atoms with Crippen molar-refractivity contribution in [3.8, 4) is 11.1 Å². The van der Waals surface area contributed by atoms with Crippen LogP contribution in [0.3, 0.4) is 0 Å². The molecular weight excluding hydrogens is 438 g/mol. The Morgan fingerprint density at radius 2 is 1.71 bits per heavy atom. The number of carboxylic acid groups (broad SMARTS) is 1. The van der Waals surface area contributed by atoms with Crippen LogP contribution in [0.25, 0.3) is 11.1 Å². The van der Waals surface area contributed by atoms with Gasteiger partial charge in [-0.05, 0) is 22.3 Å². The van der Waals surface area contributed by atoms with E-state index in [1.165, 1.54) is 4.90 Å². The topological polar surface area (TPSA) is 138 Å². The highest BCUT2D eigenvalue weighted by Gasteiger charge is 2.33. The number of carboxylic acids is 1. The summed E-state index contributed by atoms with van der Waals surface area (Å²) in [4.78, 5) is 38.5. The van der Waals surface area contributed by atoms with Crippen molar-refractivity contribution < 1.29 is 24.2 Å². The zero-order valence-corrected chi connectivity index (χ0v) is 18.2. The van der Waals surface area contributed by atoms with Gasteiger partial charge in [0.15, 0.2) is 0 Å². The van der Waals surface area contributed by atoms with Gasteiger partial charge in [-0.1, -0.05) is 48.5 Å². The molecule has 0 fully saturated rings. The fraction of sp³-hybridized carbons (Fsp3) is 0.292. The quantitative estimate of drug-likeness (QED) is 0.511. The Bertz CT molecular complexity index is 1210. The number of ether oxygens (including phenoxy) is 1. The lowest BCUT2D eigenvalue weighted by molar-refractivity contribution is -0.143. The normalized spacial score (nSPS) is 15.1. The second kappa shape index (κ2) is 8.97. The maximum atomic E-state index is 13.0. The number of carbonyl (C=O) groups is 3. The molecule has 3 aromatic rings. The average Bonchev–Trinajstić information content (AvgIpc) is 3.43. The minimum Gasteiger partial charge on any atom is -0.481 e. The highest BCUT2D eigenvalue weighted by Crippen LogP contribution is 2.44. The molecule has 34 heavy (non-hydrogen) atoms. The summed E-state index contributed by atoms with van der Waals surface area (Å²) < 4.78 is 5.49. The zero-order valence-electron chi connectivity index (χ0n) is 18.2. The van der Waals surface area contributed by atoms with Crippen molar-refractivity contribution in [3.63, 3.8) is 0 Å². The SMILES string of the molecule is O=C(O)CC(NC(=O)OCC1c2ccccc2-c2ccccc21)C(=O)N1CCc2n[nH]nc2C1. The summed E-state index contributed by atoms with van der Waals surface area (Å²) in [5, 5.41) is 22.3. The van der Waals surface area contributed by atoms with Crippen LogP contribution in [-0.2, 0) is 27.3 Å². The predicted molar refractivity (Wildman–Crippen MR) is 120 cm³/mol. The first-order chi connectivity index (χ1) is 16.5. The minimum atomic E-state index is -1.25. The van der Waals surface area contributed by atoms with Crippen molar-refractivity contribution >= 4 is 18.0 Å². The van der Waals surface area contributed by atoms with E-state index in [4.69, 9.17) is 4.74 Å². The molecule has 0 radical (unpaired) electrons. The third kappa shape index (κ3) is 4.09. The van der Waals surface area contributed by atoms with Gasteiger partial charge in [-0.15, -0.1) is 0 Å². The number of hydrogen-bond acceptors (Lipinski definition) is 6. The molecule has 2 amide bonds. The summed E-state index contributed by atoms with van der Waals surface area (Å²) in [6.07, 6.45) is -0.881. The first kappa shape index (κ1) is 21.6. The van der Waals surface area contributed by atoms with Crippen molar-refractivity contribution in [1.82, 2.24) is 25.6 Å². The number of nitrogens with one attached hydrogen (secondary N) is 2. The number of H-pyrrole nitrogens is 1. The van der Waals surface area contributed by atoms with E-state index in [2.05, 4.69) is 20.7 Å². The Labute approximate surface area is 194 Å². The number of carbonyl (C=O) groups excluding carboxylic acids is 2. The molecule has 2 aromatic carbocycles. The van der Waals surface area contributed by atoms with Gasteiger partial charge in [0, 0.05) is 18.9 Å². The standard InChI is InChI=1S/C24H23N5O5/c30-22(31)11-20(23(32)29-10-9-19-21(12-29)27-28-26-19)25-24(33)34-13-18-16-7-3-1-5-14(16)15-6-2-4-8-17(15)18/h1-8,18,20H,9-13H2,(H,25,33)(H,30,31)(H,26,27,28). The van der Waals surface area contributed by atoms with E-state index in [1.807, 2.05) is 48.5 Å². The molecule has 1 atom stereocenters. The van der Waals surface area contributed by atoms with E-state index in [-0.39, 0.29) is 19.1 Å². The van der Waals surface area contributed by atoms with E-state index in [1.54, 1.807) is 0 Å². The van der Waals surface area contributed by atoms with Crippen LogP contribution in [-0.4, -0.2) is 62.6 Å². The lowest BCUT2D eigenvalue weighted by Crippen LogP contribution is -2.51. The molecule has 1 aliphatic heterocycles. The predicted octanol–water partition coefficient (Wildman–Crippen LogP) is 2.07. The van der Waals surface area contributed by atoms with Crippen LogP contribution in [0.2, 0.25) is 0 Å². The first-order valence-electron chi connectivity index (χ1n) is 11.0. The molecule has 10 nitrogen and oxygen atoms in total. The fourth-order valence-electron chi connectivity index (χ4n) is 4.67. The number of amides is 2. The molecule has 1 aromatic heterocycles. The Kier molecular flexibility index (Phi) is 5.70. The summed E-state index contributed by atoms with van der Waals surface area (Å²) in [5.74, 6) is -1.83. The Morgan fingerprint density at radius 1 is 1.06 bits per heavy atom. The van der Waals surface area contributed by atoms with E-state index in [9.17, 15) is 19.5 Å². The summed E-state index contributed by atoms with van der Waals surface area (Å²) >= 11 is 0. The number of aromatic nitrogens is 3. The van der Waals surface area contributed by atoms with E-state index in [0.29, 0.717) is 18.7 Å². The van der Waals surface area contributed by atoms with Crippen LogP contribution >= 0.6 is 0 Å². The summed E-state index contributed by atoms with van der Waals surface area (Å²) in [6, 6.07) is 14.7. The molecule has 2 aliphatic rings. The number of alkyl carbamates (subject to hydrolysis) is 1. The Balaban J connectivity index is 1.26. The second-order valence-electron chi connectivity index (χ2n) is 8.35. The zero-order chi connectivity index (χ0) is 23.7. The third-order valence-electron chi connectivity index (χ3n) is 6.29. The second-order valence-corrected chi connectivity index (χ2v) is 8.35. The molecule has 5 rings (SSSR count). The fourth-order valence-corrected chi connectivity index (χ4v) is 4.67. The number of benzene rings is 2. The molecule has 2 heterocycles. The number of rotatable bonds is 6. The molecule has 1 unspecified atom stereocenters. The molecule has 0 bridgehead atoms. The maximum Gasteiger partial charge on any atom is 0.407 e. The van der Waals surface area contributed by atoms with Gasteiger partial charge >= 0.3 is 12.1 Å². The highest BCUT2D eigenvalue weighted by molar-refractivity contribution is 5.89. The summed E-state index contributed by atoms with van der Waals surface area (Å²) in [7, 11) is 0. The van der Waals surface area contributed by atoms with E-state index < -0.39 is 30.4 Å². The number of aliphatic carboxylic acids is 1. The first-order valence-corrected chi connectivity index (χ1v) is 11.0. The van der Waals surface area contributed by atoms with Gasteiger partial charge in [-0.3, -0.25) is 9.59 Å². The molecular formula is C24H23N5O5. The van der Waals surface area contributed by atoms with Gasteiger partial charge < -0.3 is 20.1 Å². The maximum absolute atomic E-state index is 13.0. The van der Waals surface area contributed by atoms with Crippen LogP contribution in [0.1, 0.15) is 34.9 Å². The van der Waals surface area contributed by atoms with Crippen LogP contribution in [0.15, 0.2) is 48.5 Å². The van der Waals surface area contributed by atoms with Crippen molar-refractivity contribution in [3.05, 3.63) is 71.0 Å². The highest BCUT2D eigenvalue weighted by atomic mass is 16.5. The molecule has 3 N–H and O–H groups in total. The smallest absolute Gasteiger partial charge is 0.407 e. The Hall–Kier alpha value is -4.21. The molecule has 174 valence electrons. The molecule has 0 spiro atoms. The van der Waals surface area contributed by atoms with Gasteiger partial charge in [-0.2, -0.15) is 15.4 Å². The van der Waals surface area contributed by atoms with Gasteiger partial charge in [0.05, 0.1) is 18.7 Å². The van der Waals surface area contributed by atoms with Gasteiger partial charge in [-0.25, -0.2) is 4.79 Å². The number of fused-ring (bicyclic) bond motifs is 4. The van der Waals surface area contributed by atoms with E-state index in [0.717, 1.165) is 27.9 Å². The largest absolute Gasteiger partial charge is 0.481 e. The van der Waals surface area contributed by atoms with Crippen molar-refractivity contribution in [2.75, 3.05) is 13.2 Å². The lowest BCUT2D eigenvalue weighted by atomic mass is 9.98. The Morgan fingerprint density at radius 3 is 2.38 bits per heavy atom.